The van der Waals surface area contributed by atoms with Gasteiger partial charge in [-0.05, 0) is 105 Å². The van der Waals surface area contributed by atoms with Crippen molar-refractivity contribution in [3.63, 3.8) is 0 Å². The zero-order valence-electron chi connectivity index (χ0n) is 24.6. The lowest BCUT2D eigenvalue weighted by atomic mass is 9.91. The maximum absolute atomic E-state index is 13.3. The highest BCUT2D eigenvalue weighted by molar-refractivity contribution is 6.06. The number of carbonyl (C=O) groups is 1. The number of hydrogen-bond donors (Lipinski definition) is 2. The Morgan fingerprint density at radius 1 is 0.907 bits per heavy atom. The number of anilines is 1. The van der Waals surface area contributed by atoms with Gasteiger partial charge in [-0.3, -0.25) is 9.69 Å². The van der Waals surface area contributed by atoms with Crippen LogP contribution in [0.4, 0.5) is 28.4 Å². The summed E-state index contributed by atoms with van der Waals surface area (Å²) in [4.78, 5) is 15.4. The van der Waals surface area contributed by atoms with Gasteiger partial charge in [-0.2, -0.15) is 15.5 Å². The van der Waals surface area contributed by atoms with Crippen molar-refractivity contribution in [2.45, 2.75) is 33.2 Å². The SMILES string of the molecule is Cc1cc2cc(C)c(N=Nc3ccc(C(=O)C(C)(C)N4CCOCC4)cc3)c(O)c2c(N)c1N=Nc1ccc(C#N)cc1. The number of fused-ring (bicyclic) bond motifs is 1. The number of hydrogen-bond acceptors (Lipinski definition) is 10. The first-order valence-electron chi connectivity index (χ1n) is 14.0. The van der Waals surface area contributed by atoms with Crippen LogP contribution in [-0.4, -0.2) is 47.6 Å². The first-order chi connectivity index (χ1) is 20.6. The lowest BCUT2D eigenvalue weighted by Crippen LogP contribution is -2.54. The first-order valence-corrected chi connectivity index (χ1v) is 14.0. The fourth-order valence-electron chi connectivity index (χ4n) is 5.22. The number of phenolic OH excluding ortho intramolecular Hbond substituents is 1. The van der Waals surface area contributed by atoms with Crippen LogP contribution < -0.4 is 5.73 Å². The van der Waals surface area contributed by atoms with E-state index >= 15 is 0 Å². The lowest BCUT2D eigenvalue weighted by Gasteiger charge is -2.39. The van der Waals surface area contributed by atoms with Gasteiger partial charge in [0.1, 0.15) is 11.4 Å². The highest BCUT2D eigenvalue weighted by Gasteiger charge is 2.35. The van der Waals surface area contributed by atoms with Crippen LogP contribution in [0.25, 0.3) is 10.8 Å². The molecule has 0 unspecified atom stereocenters. The molecule has 4 aromatic carbocycles. The molecule has 0 radical (unpaired) electrons. The molecule has 5 rings (SSSR count). The Morgan fingerprint density at radius 3 is 2.02 bits per heavy atom. The third kappa shape index (κ3) is 6.00. The van der Waals surface area contributed by atoms with Crippen LogP contribution in [0.2, 0.25) is 0 Å². The number of nitrogens with two attached hydrogens (primary N) is 1. The molecule has 218 valence electrons. The summed E-state index contributed by atoms with van der Waals surface area (Å²) in [6, 6.07) is 19.5. The minimum Gasteiger partial charge on any atom is -0.505 e. The second-order valence-electron chi connectivity index (χ2n) is 11.0. The third-order valence-electron chi connectivity index (χ3n) is 7.78. The van der Waals surface area contributed by atoms with Crippen molar-refractivity contribution in [1.29, 1.82) is 5.26 Å². The third-order valence-corrected chi connectivity index (χ3v) is 7.78. The van der Waals surface area contributed by atoms with Gasteiger partial charge in [-0.25, -0.2) is 0 Å². The van der Waals surface area contributed by atoms with Gasteiger partial charge in [0.2, 0.25) is 0 Å². The van der Waals surface area contributed by atoms with E-state index in [2.05, 4.69) is 31.4 Å². The average Bonchev–Trinajstić information content (AvgIpc) is 3.01. The highest BCUT2D eigenvalue weighted by atomic mass is 16.5. The molecule has 1 saturated heterocycles. The number of morpholine rings is 1. The van der Waals surface area contributed by atoms with Crippen LogP contribution in [0, 0.1) is 25.2 Å². The number of rotatable bonds is 7. The van der Waals surface area contributed by atoms with E-state index in [9.17, 15) is 9.90 Å². The van der Waals surface area contributed by atoms with Gasteiger partial charge in [0.25, 0.3) is 0 Å². The number of phenols is 1. The molecule has 1 aliphatic rings. The van der Waals surface area contributed by atoms with Crippen molar-refractivity contribution in [2.24, 2.45) is 20.5 Å². The van der Waals surface area contributed by atoms with Gasteiger partial charge >= 0.3 is 0 Å². The number of ether oxygens (including phenoxy) is 1. The predicted octanol–water partition coefficient (Wildman–Crippen LogP) is 7.74. The lowest BCUT2D eigenvalue weighted by molar-refractivity contribution is -0.00429. The van der Waals surface area contributed by atoms with E-state index in [1.54, 1.807) is 48.5 Å². The molecule has 1 heterocycles. The summed E-state index contributed by atoms with van der Waals surface area (Å²) in [5.41, 5.74) is 10.6. The smallest absolute Gasteiger partial charge is 0.182 e. The summed E-state index contributed by atoms with van der Waals surface area (Å²) >= 11 is 0. The Bertz CT molecular complexity index is 1780. The second-order valence-corrected chi connectivity index (χ2v) is 11.0. The second kappa shape index (κ2) is 12.1. The minimum absolute atomic E-state index is 0.0267. The first kappa shape index (κ1) is 29.5. The molecular formula is C33H33N7O3. The minimum atomic E-state index is -0.653. The monoisotopic (exact) mass is 575 g/mol. The number of nitrogens with zero attached hydrogens (tertiary/aromatic N) is 6. The molecule has 0 aromatic heterocycles. The van der Waals surface area contributed by atoms with Crippen molar-refractivity contribution < 1.29 is 14.6 Å². The average molecular weight is 576 g/mol. The number of nitriles is 1. The number of aryl methyl sites for hydroxylation is 2. The molecule has 0 aliphatic carbocycles. The molecule has 10 nitrogen and oxygen atoms in total. The summed E-state index contributed by atoms with van der Waals surface area (Å²) in [6.45, 7) is 10.3. The molecule has 0 atom stereocenters. The van der Waals surface area contributed by atoms with E-state index < -0.39 is 5.54 Å². The van der Waals surface area contributed by atoms with E-state index in [-0.39, 0.29) is 22.9 Å². The molecule has 43 heavy (non-hydrogen) atoms. The molecule has 0 bridgehead atoms. The molecule has 1 aliphatic heterocycles. The number of nitrogen functional groups attached to an aromatic ring is 1. The van der Waals surface area contributed by atoms with Crippen LogP contribution in [0.15, 0.2) is 81.1 Å². The topological polar surface area (TPSA) is 149 Å². The molecule has 10 heteroatoms. The molecule has 0 spiro atoms. The maximum Gasteiger partial charge on any atom is 0.182 e. The maximum atomic E-state index is 13.3. The molecule has 1 fully saturated rings. The number of aromatic hydroxyl groups is 1. The van der Waals surface area contributed by atoms with Crippen molar-refractivity contribution >= 4 is 45.0 Å². The number of benzene rings is 4. The Balaban J connectivity index is 1.41. The highest BCUT2D eigenvalue weighted by Crippen LogP contribution is 2.45. The predicted molar refractivity (Wildman–Crippen MR) is 166 cm³/mol. The summed E-state index contributed by atoms with van der Waals surface area (Å²) < 4.78 is 5.43. The van der Waals surface area contributed by atoms with Crippen LogP contribution in [0.5, 0.6) is 5.75 Å². The van der Waals surface area contributed by atoms with E-state index in [0.717, 1.165) is 16.5 Å². The fourth-order valence-corrected chi connectivity index (χ4v) is 5.22. The summed E-state index contributed by atoms with van der Waals surface area (Å²) in [5, 5.41) is 38.8. The van der Waals surface area contributed by atoms with Gasteiger partial charge in [0.05, 0.1) is 52.8 Å². The van der Waals surface area contributed by atoms with Gasteiger partial charge in [0, 0.05) is 18.7 Å². The quantitative estimate of drug-likeness (QED) is 0.131. The molecule has 3 N–H and O–H groups in total. The summed E-state index contributed by atoms with van der Waals surface area (Å²) in [6.07, 6.45) is 0. The zero-order valence-corrected chi connectivity index (χ0v) is 24.6. The number of Topliss-reactive ketones (excluding diaryl/α,β-unsaturated/α-hetero) is 1. The van der Waals surface area contributed by atoms with E-state index in [0.29, 0.717) is 59.9 Å². The Morgan fingerprint density at radius 2 is 1.44 bits per heavy atom. The van der Waals surface area contributed by atoms with Crippen LogP contribution in [0.3, 0.4) is 0 Å². The van der Waals surface area contributed by atoms with Gasteiger partial charge in [-0.1, -0.05) is 0 Å². The Hall–Kier alpha value is -4.98. The standard InChI is InChI=1S/C33H33N7O3/c1-20-17-24-18-21(2)30(31(41)27(24)28(35)29(20)38-36-25-9-5-22(19-34)6-10-25)39-37-26-11-7-23(8-12-26)32(42)33(3,4)40-13-15-43-16-14-40/h5-12,17-18,41H,13-16,35H2,1-4H3. The Labute approximate surface area is 250 Å². The van der Waals surface area contributed by atoms with Crippen molar-refractivity contribution in [3.05, 3.63) is 82.9 Å². The summed E-state index contributed by atoms with van der Waals surface area (Å²) in [7, 11) is 0. The van der Waals surface area contributed by atoms with E-state index in [4.69, 9.17) is 15.7 Å². The van der Waals surface area contributed by atoms with Crippen LogP contribution in [0.1, 0.15) is 40.9 Å². The summed E-state index contributed by atoms with van der Waals surface area (Å²) in [5.74, 6) is -0.0797. The van der Waals surface area contributed by atoms with Crippen molar-refractivity contribution in [3.8, 4) is 11.8 Å². The van der Waals surface area contributed by atoms with E-state index in [1.807, 2.05) is 39.8 Å². The molecule has 4 aromatic rings. The number of carbonyl (C=O) groups excluding carboxylic acids is 1. The number of ketones is 1. The van der Waals surface area contributed by atoms with E-state index in [1.165, 1.54) is 0 Å². The number of azo groups is 2. The fraction of sp³-hybridized carbons (Fsp3) is 0.273. The van der Waals surface area contributed by atoms with Crippen LogP contribution in [-0.2, 0) is 4.74 Å². The van der Waals surface area contributed by atoms with Crippen molar-refractivity contribution in [2.75, 3.05) is 32.0 Å². The largest absolute Gasteiger partial charge is 0.505 e. The van der Waals surface area contributed by atoms with Gasteiger partial charge < -0.3 is 15.6 Å². The normalized spacial score (nSPS) is 14.5. The molecule has 0 saturated carbocycles. The molecule has 0 amide bonds. The van der Waals surface area contributed by atoms with Gasteiger partial charge in [0.15, 0.2) is 11.5 Å². The Kier molecular flexibility index (Phi) is 8.30. The van der Waals surface area contributed by atoms with Crippen molar-refractivity contribution in [1.82, 2.24) is 4.90 Å². The van der Waals surface area contributed by atoms with Gasteiger partial charge in [-0.15, -0.1) is 10.2 Å². The zero-order chi connectivity index (χ0) is 30.7. The molecular weight excluding hydrogens is 542 g/mol. The van der Waals surface area contributed by atoms with Crippen LogP contribution >= 0.6 is 0 Å².